The second kappa shape index (κ2) is 3.37. The summed E-state index contributed by atoms with van der Waals surface area (Å²) < 4.78 is 36.8. The monoisotopic (exact) mass is 222 g/mol. The third kappa shape index (κ3) is 2.01. The second-order valence-electron chi connectivity index (χ2n) is 5.50. The highest BCUT2D eigenvalue weighted by atomic mass is 19.4. The molecule has 0 aromatic rings. The summed E-state index contributed by atoms with van der Waals surface area (Å²) in [5.74, 6) is 1.01. The molecular weight excluding hydrogens is 205 g/mol. The summed E-state index contributed by atoms with van der Waals surface area (Å²) in [4.78, 5) is 0. The zero-order valence-corrected chi connectivity index (χ0v) is 8.85. The average molecular weight is 222 g/mol. The molecular formula is C11H17F3O. The summed E-state index contributed by atoms with van der Waals surface area (Å²) in [5.41, 5.74) is -0.280. The van der Waals surface area contributed by atoms with Gasteiger partial charge in [0, 0.05) is 0 Å². The smallest absolute Gasteiger partial charge is 0.384 e. The maximum Gasteiger partial charge on any atom is 0.414 e. The Morgan fingerprint density at radius 1 is 1.40 bits per heavy atom. The predicted molar refractivity (Wildman–Crippen MR) is 50.2 cm³/mol. The second-order valence-corrected chi connectivity index (χ2v) is 5.50. The lowest BCUT2D eigenvalue weighted by Crippen LogP contribution is -2.37. The van der Waals surface area contributed by atoms with Gasteiger partial charge in [0.05, 0.1) is 0 Å². The Kier molecular flexibility index (Phi) is 2.53. The van der Waals surface area contributed by atoms with Gasteiger partial charge >= 0.3 is 6.18 Å². The van der Waals surface area contributed by atoms with Crippen molar-refractivity contribution in [1.29, 1.82) is 0 Å². The molecule has 1 N–H and O–H groups in total. The van der Waals surface area contributed by atoms with Crippen molar-refractivity contribution in [1.82, 2.24) is 0 Å². The molecule has 2 rings (SSSR count). The Hall–Kier alpha value is -0.250. The van der Waals surface area contributed by atoms with E-state index in [4.69, 9.17) is 5.11 Å². The molecule has 4 heteroatoms. The number of aliphatic hydroxyl groups is 1. The molecule has 0 amide bonds. The molecule has 2 bridgehead atoms. The number of aliphatic hydroxyl groups excluding tert-OH is 1. The highest BCUT2D eigenvalue weighted by Crippen LogP contribution is 2.58. The van der Waals surface area contributed by atoms with Crippen molar-refractivity contribution >= 4 is 0 Å². The van der Waals surface area contributed by atoms with Crippen molar-refractivity contribution in [3.8, 4) is 0 Å². The van der Waals surface area contributed by atoms with E-state index >= 15 is 0 Å². The number of halogens is 3. The van der Waals surface area contributed by atoms with E-state index in [1.807, 2.05) is 6.92 Å². The Labute approximate surface area is 87.7 Å². The lowest BCUT2D eigenvalue weighted by Gasteiger charge is -2.36. The van der Waals surface area contributed by atoms with Gasteiger partial charge in [-0.2, -0.15) is 13.2 Å². The molecule has 0 aromatic heterocycles. The van der Waals surface area contributed by atoms with Crippen molar-refractivity contribution in [3.05, 3.63) is 0 Å². The lowest BCUT2D eigenvalue weighted by molar-refractivity contribution is -0.214. The fourth-order valence-corrected chi connectivity index (χ4v) is 3.53. The van der Waals surface area contributed by atoms with Crippen molar-refractivity contribution in [2.75, 3.05) is 0 Å². The number of hydrogen-bond donors (Lipinski definition) is 1. The molecule has 4 unspecified atom stereocenters. The molecule has 0 spiro atoms. The first-order chi connectivity index (χ1) is 6.81. The van der Waals surface area contributed by atoms with E-state index in [9.17, 15) is 13.2 Å². The van der Waals surface area contributed by atoms with Crippen LogP contribution in [0.2, 0.25) is 0 Å². The normalized spacial score (nSPS) is 42.2. The molecule has 0 heterocycles. The predicted octanol–water partition coefficient (Wildman–Crippen LogP) is 3.13. The van der Waals surface area contributed by atoms with Crippen molar-refractivity contribution < 1.29 is 18.3 Å². The third-order valence-corrected chi connectivity index (χ3v) is 4.32. The summed E-state index contributed by atoms with van der Waals surface area (Å²) in [6, 6.07) is 0. The zero-order chi connectivity index (χ0) is 11.3. The van der Waals surface area contributed by atoms with Gasteiger partial charge in [0.2, 0.25) is 0 Å². The van der Waals surface area contributed by atoms with Crippen LogP contribution in [0.15, 0.2) is 0 Å². The highest BCUT2D eigenvalue weighted by Gasteiger charge is 2.51. The van der Waals surface area contributed by atoms with Gasteiger partial charge in [-0.15, -0.1) is 0 Å². The van der Waals surface area contributed by atoms with Crippen LogP contribution in [0.4, 0.5) is 13.2 Å². The zero-order valence-electron chi connectivity index (χ0n) is 8.85. The van der Waals surface area contributed by atoms with Crippen LogP contribution in [-0.2, 0) is 0 Å². The Morgan fingerprint density at radius 3 is 2.47 bits per heavy atom. The van der Waals surface area contributed by atoms with Crippen LogP contribution in [0.25, 0.3) is 0 Å². The highest BCUT2D eigenvalue weighted by molar-refractivity contribution is 4.99. The van der Waals surface area contributed by atoms with Gasteiger partial charge in [-0.1, -0.05) is 13.3 Å². The van der Waals surface area contributed by atoms with Crippen LogP contribution in [0.5, 0.6) is 0 Å². The number of fused-ring (bicyclic) bond motifs is 2. The largest absolute Gasteiger partial charge is 0.414 e. The molecule has 0 aromatic carbocycles. The molecule has 4 atom stereocenters. The van der Waals surface area contributed by atoms with Crippen molar-refractivity contribution in [2.45, 2.75) is 51.3 Å². The topological polar surface area (TPSA) is 20.2 Å². The van der Waals surface area contributed by atoms with E-state index in [1.165, 1.54) is 6.42 Å². The maximum atomic E-state index is 12.3. The first-order valence-corrected chi connectivity index (χ1v) is 5.56. The summed E-state index contributed by atoms with van der Waals surface area (Å²) in [5, 5.41) is 9.11. The van der Waals surface area contributed by atoms with Gasteiger partial charge < -0.3 is 5.11 Å². The number of hydrogen-bond acceptors (Lipinski definition) is 1. The van der Waals surface area contributed by atoms with Gasteiger partial charge in [-0.3, -0.25) is 0 Å². The van der Waals surface area contributed by atoms with Crippen LogP contribution in [0.1, 0.15) is 39.0 Å². The van der Waals surface area contributed by atoms with Gasteiger partial charge in [0.25, 0.3) is 0 Å². The standard InChI is InChI=1S/C11H17F3O/c1-10(6-9(15)11(12,13)14)5-7-2-3-8(10)4-7/h7-9,15H,2-6H2,1H3. The fourth-order valence-electron chi connectivity index (χ4n) is 3.53. The van der Waals surface area contributed by atoms with Gasteiger partial charge in [-0.05, 0) is 42.9 Å². The minimum atomic E-state index is -4.45. The quantitative estimate of drug-likeness (QED) is 0.761. The first-order valence-electron chi connectivity index (χ1n) is 5.56. The minimum Gasteiger partial charge on any atom is -0.384 e. The summed E-state index contributed by atoms with van der Waals surface area (Å²) in [6.07, 6.45) is -2.55. The molecule has 2 saturated carbocycles. The molecule has 88 valence electrons. The molecule has 2 aliphatic carbocycles. The van der Waals surface area contributed by atoms with E-state index in [1.54, 1.807) is 0 Å². The Morgan fingerprint density at radius 2 is 2.07 bits per heavy atom. The Balaban J connectivity index is 2.00. The first kappa shape index (κ1) is 11.2. The maximum absolute atomic E-state index is 12.3. The van der Waals surface area contributed by atoms with Gasteiger partial charge in [-0.25, -0.2) is 0 Å². The van der Waals surface area contributed by atoms with Crippen LogP contribution in [0, 0.1) is 17.3 Å². The molecule has 2 aliphatic rings. The summed E-state index contributed by atoms with van der Waals surface area (Å²) >= 11 is 0. The van der Waals surface area contributed by atoms with E-state index in [-0.39, 0.29) is 11.8 Å². The number of alkyl halides is 3. The lowest BCUT2D eigenvalue weighted by atomic mass is 9.71. The molecule has 0 saturated heterocycles. The molecule has 2 fully saturated rings. The van der Waals surface area contributed by atoms with E-state index in [2.05, 4.69) is 0 Å². The summed E-state index contributed by atoms with van der Waals surface area (Å²) in [7, 11) is 0. The Bertz CT molecular complexity index is 251. The van der Waals surface area contributed by atoms with Crippen LogP contribution >= 0.6 is 0 Å². The average Bonchev–Trinajstić information content (AvgIpc) is 2.60. The van der Waals surface area contributed by atoms with Crippen LogP contribution < -0.4 is 0 Å². The third-order valence-electron chi connectivity index (χ3n) is 4.32. The molecule has 0 aliphatic heterocycles. The summed E-state index contributed by atoms with van der Waals surface area (Å²) in [6.45, 7) is 1.91. The fraction of sp³-hybridized carbons (Fsp3) is 1.00. The van der Waals surface area contributed by atoms with E-state index < -0.39 is 12.3 Å². The number of rotatable bonds is 2. The van der Waals surface area contributed by atoms with E-state index in [0.717, 1.165) is 19.3 Å². The molecule has 15 heavy (non-hydrogen) atoms. The van der Waals surface area contributed by atoms with Crippen LogP contribution in [-0.4, -0.2) is 17.4 Å². The molecule has 0 radical (unpaired) electrons. The van der Waals surface area contributed by atoms with Gasteiger partial charge in [0.1, 0.15) is 6.10 Å². The van der Waals surface area contributed by atoms with Crippen LogP contribution in [0.3, 0.4) is 0 Å². The molecule has 1 nitrogen and oxygen atoms in total. The van der Waals surface area contributed by atoms with Gasteiger partial charge in [0.15, 0.2) is 0 Å². The SMILES string of the molecule is CC1(CC(O)C(F)(F)F)CC2CCC1C2. The minimum absolute atomic E-state index is 0.113. The van der Waals surface area contributed by atoms with E-state index in [0.29, 0.717) is 11.8 Å². The van der Waals surface area contributed by atoms with Crippen molar-refractivity contribution in [2.24, 2.45) is 17.3 Å². The van der Waals surface area contributed by atoms with Crippen molar-refractivity contribution in [3.63, 3.8) is 0 Å².